The van der Waals surface area contributed by atoms with Gasteiger partial charge in [-0.05, 0) is 59.7 Å². The van der Waals surface area contributed by atoms with E-state index in [0.29, 0.717) is 22.3 Å². The first kappa shape index (κ1) is 57.3. The Morgan fingerprint density at radius 1 is 0.434 bits per heavy atom. The van der Waals surface area contributed by atoms with Crippen LogP contribution in [-0.2, 0) is 57.2 Å². The van der Waals surface area contributed by atoms with E-state index in [1.165, 1.54) is 108 Å². The Morgan fingerprint density at radius 2 is 0.763 bits per heavy atom. The third-order valence-electron chi connectivity index (χ3n) is 12.1. The highest BCUT2D eigenvalue weighted by atomic mass is 16.6. The second-order valence-corrected chi connectivity index (χ2v) is 17.3. The highest BCUT2D eigenvalue weighted by Crippen LogP contribution is 2.54. The fourth-order valence-electron chi connectivity index (χ4n) is 8.94. The molecule has 410 valence electrons. The number of fused-ring (bicyclic) bond motifs is 1. The van der Waals surface area contributed by atoms with Crippen LogP contribution >= 0.6 is 0 Å². The number of hydrogen-bond donors (Lipinski definition) is 0. The maximum Gasteiger partial charge on any atom is 0.308 e. The first-order valence-corrected chi connectivity index (χ1v) is 23.7. The molecule has 0 N–H and O–H groups in total. The summed E-state index contributed by atoms with van der Waals surface area (Å²) in [5.41, 5.74) is 2.03. The predicted molar refractivity (Wildman–Crippen MR) is 263 cm³/mol. The largest absolute Gasteiger partial charge is 0.493 e. The summed E-state index contributed by atoms with van der Waals surface area (Å²) in [5, 5.41) is 0. The molecule has 4 aromatic carbocycles. The second kappa shape index (κ2) is 26.0. The lowest BCUT2D eigenvalue weighted by Crippen LogP contribution is -2.34. The van der Waals surface area contributed by atoms with Crippen molar-refractivity contribution < 1.29 is 105 Å². The van der Waals surface area contributed by atoms with Gasteiger partial charge in [-0.25, -0.2) is 0 Å². The third-order valence-corrected chi connectivity index (χ3v) is 12.1. The van der Waals surface area contributed by atoms with E-state index >= 15 is 0 Å². The summed E-state index contributed by atoms with van der Waals surface area (Å²) in [7, 11) is 8.50. The fourth-order valence-corrected chi connectivity index (χ4v) is 8.94. The summed E-state index contributed by atoms with van der Waals surface area (Å²) in [4.78, 5) is 73.2. The van der Waals surface area contributed by atoms with E-state index < -0.39 is 72.4 Å². The minimum absolute atomic E-state index is 0.0920. The van der Waals surface area contributed by atoms with E-state index in [2.05, 4.69) is 0 Å². The van der Waals surface area contributed by atoms with Crippen molar-refractivity contribution >= 4 is 35.8 Å². The number of ether oxygens (including phenoxy) is 16. The van der Waals surface area contributed by atoms with Crippen LogP contribution in [0, 0.1) is 11.8 Å². The van der Waals surface area contributed by atoms with Crippen molar-refractivity contribution in [1.82, 2.24) is 0 Å². The highest BCUT2D eigenvalue weighted by molar-refractivity contribution is 5.72. The molecule has 22 heteroatoms. The molecule has 0 amide bonds. The Hall–Kier alpha value is -7.98. The fraction of sp³-hybridized carbons (Fsp3) is 0.444. The molecule has 2 fully saturated rings. The normalized spacial score (nSPS) is 18.0. The zero-order valence-corrected chi connectivity index (χ0v) is 44.2. The molecule has 4 aromatic rings. The van der Waals surface area contributed by atoms with Crippen LogP contribution in [0.3, 0.4) is 0 Å². The summed E-state index contributed by atoms with van der Waals surface area (Å²) in [6, 6.07) is 16.0. The van der Waals surface area contributed by atoms with E-state index in [1.807, 2.05) is 0 Å². The van der Waals surface area contributed by atoms with E-state index in [9.17, 15) is 28.8 Å². The average Bonchev–Trinajstić information content (AvgIpc) is 4.02. The molecular weight excluding hydrogens is 1000 g/mol. The van der Waals surface area contributed by atoms with Crippen LogP contribution in [0.5, 0.6) is 57.5 Å². The van der Waals surface area contributed by atoms with Crippen LogP contribution in [0.15, 0.2) is 60.7 Å². The number of benzene rings is 4. The van der Waals surface area contributed by atoms with Crippen molar-refractivity contribution in [2.45, 2.75) is 78.2 Å². The predicted octanol–water partition coefficient (Wildman–Crippen LogP) is 6.89. The third kappa shape index (κ3) is 13.8. The number of carbonyl (C=O) groups excluding carboxylic acids is 6. The van der Waals surface area contributed by atoms with Gasteiger partial charge in [0, 0.05) is 64.5 Å². The zero-order valence-electron chi connectivity index (χ0n) is 44.2. The number of hydrogen-bond acceptors (Lipinski definition) is 22. The quantitative estimate of drug-likeness (QED) is 0.0393. The molecule has 6 rings (SSSR count). The van der Waals surface area contributed by atoms with Crippen molar-refractivity contribution in [1.29, 1.82) is 0 Å². The van der Waals surface area contributed by atoms with E-state index in [-0.39, 0.29) is 95.8 Å². The Balaban J connectivity index is 1.30. The van der Waals surface area contributed by atoms with Crippen molar-refractivity contribution in [2.75, 3.05) is 69.1 Å². The average molecular weight is 1060 g/mol. The summed E-state index contributed by atoms with van der Waals surface area (Å²) in [5.74, 6) is -2.59. The molecule has 2 aliphatic heterocycles. The van der Waals surface area contributed by atoms with Crippen molar-refractivity contribution in [3.63, 3.8) is 0 Å². The van der Waals surface area contributed by atoms with Gasteiger partial charge in [0.15, 0.2) is 70.4 Å². The Bertz CT molecular complexity index is 2520. The van der Waals surface area contributed by atoms with Crippen molar-refractivity contribution in [2.24, 2.45) is 11.8 Å². The van der Waals surface area contributed by atoms with E-state index in [1.54, 1.807) is 36.4 Å². The van der Waals surface area contributed by atoms with Crippen LogP contribution in [0.4, 0.5) is 0 Å². The second-order valence-electron chi connectivity index (χ2n) is 17.3. The topological polar surface area (TPSA) is 250 Å². The van der Waals surface area contributed by atoms with Gasteiger partial charge in [-0.15, -0.1) is 0 Å². The maximum absolute atomic E-state index is 12.6. The number of rotatable bonds is 24. The summed E-state index contributed by atoms with van der Waals surface area (Å²) in [6.45, 7) is 7.12. The molecule has 0 spiro atoms. The van der Waals surface area contributed by atoms with Gasteiger partial charge in [0.05, 0.1) is 68.1 Å². The molecule has 8 unspecified atom stereocenters. The van der Waals surface area contributed by atoms with E-state index in [0.717, 1.165) is 0 Å². The van der Waals surface area contributed by atoms with Crippen molar-refractivity contribution in [3.8, 4) is 57.5 Å². The van der Waals surface area contributed by atoms with Crippen LogP contribution in [0.25, 0.3) is 0 Å². The van der Waals surface area contributed by atoms with Crippen LogP contribution in [0.2, 0.25) is 0 Å². The minimum atomic E-state index is -1.21. The number of carbonyl (C=O) groups is 6. The molecule has 0 aliphatic carbocycles. The summed E-state index contributed by atoms with van der Waals surface area (Å²) >= 11 is 0. The van der Waals surface area contributed by atoms with Gasteiger partial charge < -0.3 is 75.8 Å². The lowest BCUT2D eigenvalue weighted by atomic mass is 9.84. The molecule has 8 atom stereocenters. The molecular formula is C54H62O22. The standard InChI is InChI=1S/C54H62O22/c1-27(55)67-25-47(51(73-31(5)59)33-13-15-39(71-29(3)57)41(17-33)61-7)75-53-43(63-9)19-35(20-44(53)64-10)49-37-23-70-50(38(37)24-69-49)36-21-45(65-11)54(46(22-36)66-12)76-48(26-68-28(2)56)52(74-32(6)60)34-14-16-40(72-30(4)58)42(18-34)62-8/h13-22,37-38,47-52H,23-26H2,1-12H3. The molecule has 0 saturated carbocycles. The highest BCUT2D eigenvalue weighted by Gasteiger charge is 2.49. The molecule has 2 aliphatic rings. The number of esters is 6. The van der Waals surface area contributed by atoms with Crippen LogP contribution < -0.4 is 47.4 Å². The van der Waals surface area contributed by atoms with Gasteiger partial charge in [-0.1, -0.05) is 12.1 Å². The van der Waals surface area contributed by atoms with Crippen LogP contribution in [0.1, 0.15) is 88.2 Å². The van der Waals surface area contributed by atoms with Crippen molar-refractivity contribution in [3.05, 3.63) is 82.9 Å². The minimum Gasteiger partial charge on any atom is -0.493 e. The molecule has 2 heterocycles. The SMILES string of the molecule is COc1cc(C(OC(C)=O)C(COC(C)=O)Oc2c(OC)cc(C3OCC4C(c5cc(OC)c(OC(COC(C)=O)C(OC(C)=O)c6ccc(OC(C)=O)c(OC)c6)c(OC)c5)OCC34)cc2OC)ccc1OC(C)=O. The first-order valence-electron chi connectivity index (χ1n) is 23.7. The lowest BCUT2D eigenvalue weighted by Gasteiger charge is -2.29. The van der Waals surface area contributed by atoms with Crippen LogP contribution in [-0.4, -0.2) is 117 Å². The molecule has 22 nitrogen and oxygen atoms in total. The van der Waals surface area contributed by atoms with E-state index in [4.69, 9.17) is 75.8 Å². The smallest absolute Gasteiger partial charge is 0.308 e. The summed E-state index contributed by atoms with van der Waals surface area (Å²) in [6.07, 6.45) is -5.88. The Labute approximate surface area is 438 Å². The molecule has 0 aromatic heterocycles. The van der Waals surface area contributed by atoms with Gasteiger partial charge in [-0.3, -0.25) is 28.8 Å². The van der Waals surface area contributed by atoms with Gasteiger partial charge >= 0.3 is 35.8 Å². The Kier molecular flexibility index (Phi) is 19.6. The van der Waals surface area contributed by atoms with Gasteiger partial charge in [0.1, 0.15) is 13.2 Å². The first-order chi connectivity index (χ1) is 36.3. The number of methoxy groups -OCH3 is 6. The van der Waals surface area contributed by atoms with Gasteiger partial charge in [-0.2, -0.15) is 0 Å². The monoisotopic (exact) mass is 1060 g/mol. The molecule has 0 radical (unpaired) electrons. The zero-order chi connectivity index (χ0) is 55.4. The summed E-state index contributed by atoms with van der Waals surface area (Å²) < 4.78 is 93.6. The maximum atomic E-state index is 12.6. The molecule has 0 bridgehead atoms. The molecule has 76 heavy (non-hydrogen) atoms. The Morgan fingerprint density at radius 3 is 1.04 bits per heavy atom. The van der Waals surface area contributed by atoms with Gasteiger partial charge in [0.25, 0.3) is 0 Å². The lowest BCUT2D eigenvalue weighted by molar-refractivity contribution is -0.158. The molecule has 2 saturated heterocycles. The van der Waals surface area contributed by atoms with Gasteiger partial charge in [0.2, 0.25) is 11.5 Å².